The first-order valence-electron chi connectivity index (χ1n) is 5.18. The first-order chi connectivity index (χ1) is 8.25. The Kier molecular flexibility index (Phi) is 3.73. The van der Waals surface area contributed by atoms with E-state index in [1.165, 1.54) is 0 Å². The molecule has 1 amide bonds. The van der Waals surface area contributed by atoms with Crippen molar-refractivity contribution in [2.75, 3.05) is 0 Å². The number of amides is 1. The Bertz CT molecular complexity index is 497. The Balaban J connectivity index is 1.96. The van der Waals surface area contributed by atoms with Gasteiger partial charge >= 0.3 is 0 Å². The van der Waals surface area contributed by atoms with Crippen molar-refractivity contribution in [1.29, 1.82) is 0 Å². The lowest BCUT2D eigenvalue weighted by Gasteiger charge is -2.05. The molecule has 0 saturated carbocycles. The summed E-state index contributed by atoms with van der Waals surface area (Å²) in [5.74, 6) is -0.113. The molecule has 0 atom stereocenters. The van der Waals surface area contributed by atoms with Crippen LogP contribution in [0.2, 0.25) is 5.02 Å². The van der Waals surface area contributed by atoms with Gasteiger partial charge in [-0.1, -0.05) is 11.6 Å². The van der Waals surface area contributed by atoms with Gasteiger partial charge in [0.2, 0.25) is 0 Å². The van der Waals surface area contributed by atoms with E-state index in [1.807, 2.05) is 12.1 Å². The highest BCUT2D eigenvalue weighted by molar-refractivity contribution is 6.30. The molecule has 0 aliphatic carbocycles. The first-order valence-corrected chi connectivity index (χ1v) is 5.56. The minimum absolute atomic E-state index is 0.113. The standard InChI is InChI=1S/C13H11ClN2O/c14-12-3-1-11(2-4-12)13(17)16-9-10-5-7-15-8-6-10/h1-8H,9H2,(H,16,17). The van der Waals surface area contributed by atoms with Gasteiger partial charge in [-0.05, 0) is 42.0 Å². The predicted octanol–water partition coefficient (Wildman–Crippen LogP) is 2.67. The minimum atomic E-state index is -0.113. The maximum atomic E-state index is 11.8. The molecule has 0 unspecified atom stereocenters. The monoisotopic (exact) mass is 246 g/mol. The molecule has 1 aromatic heterocycles. The molecule has 0 aliphatic heterocycles. The molecule has 0 aliphatic rings. The number of hydrogen-bond acceptors (Lipinski definition) is 2. The molecule has 2 aromatic rings. The second-order valence-corrected chi connectivity index (χ2v) is 3.98. The van der Waals surface area contributed by atoms with Crippen LogP contribution in [0.5, 0.6) is 0 Å². The molecule has 3 nitrogen and oxygen atoms in total. The normalized spacial score (nSPS) is 9.94. The molecule has 1 N–H and O–H groups in total. The lowest BCUT2D eigenvalue weighted by molar-refractivity contribution is 0.0951. The lowest BCUT2D eigenvalue weighted by atomic mass is 10.2. The minimum Gasteiger partial charge on any atom is -0.348 e. The predicted molar refractivity (Wildman–Crippen MR) is 66.9 cm³/mol. The van der Waals surface area contributed by atoms with Crippen LogP contribution in [0.25, 0.3) is 0 Å². The Morgan fingerprint density at radius 2 is 1.76 bits per heavy atom. The van der Waals surface area contributed by atoms with Gasteiger partial charge in [0.05, 0.1) is 0 Å². The molecule has 0 spiro atoms. The molecule has 17 heavy (non-hydrogen) atoms. The topological polar surface area (TPSA) is 42.0 Å². The molecule has 2 rings (SSSR count). The van der Waals surface area contributed by atoms with E-state index in [4.69, 9.17) is 11.6 Å². The van der Waals surface area contributed by atoms with Gasteiger partial charge in [-0.25, -0.2) is 0 Å². The van der Waals surface area contributed by atoms with Crippen LogP contribution in [0.1, 0.15) is 15.9 Å². The summed E-state index contributed by atoms with van der Waals surface area (Å²) in [6, 6.07) is 10.5. The number of rotatable bonds is 3. The highest BCUT2D eigenvalue weighted by atomic mass is 35.5. The summed E-state index contributed by atoms with van der Waals surface area (Å²) in [6.07, 6.45) is 3.40. The molecule has 1 aromatic carbocycles. The Morgan fingerprint density at radius 3 is 2.41 bits per heavy atom. The molecule has 4 heteroatoms. The van der Waals surface area contributed by atoms with Crippen LogP contribution in [0.3, 0.4) is 0 Å². The van der Waals surface area contributed by atoms with E-state index in [0.29, 0.717) is 17.1 Å². The van der Waals surface area contributed by atoms with Gasteiger partial charge in [0.1, 0.15) is 0 Å². The van der Waals surface area contributed by atoms with Gasteiger partial charge in [0.25, 0.3) is 5.91 Å². The van der Waals surface area contributed by atoms with E-state index in [1.54, 1.807) is 36.7 Å². The summed E-state index contributed by atoms with van der Waals surface area (Å²) in [6.45, 7) is 0.490. The lowest BCUT2D eigenvalue weighted by Crippen LogP contribution is -2.22. The molecule has 1 heterocycles. The van der Waals surface area contributed by atoms with E-state index in [2.05, 4.69) is 10.3 Å². The van der Waals surface area contributed by atoms with Crippen LogP contribution in [0.15, 0.2) is 48.8 Å². The van der Waals surface area contributed by atoms with Crippen LogP contribution in [-0.4, -0.2) is 10.9 Å². The molecule has 0 radical (unpaired) electrons. The number of nitrogens with one attached hydrogen (secondary N) is 1. The van der Waals surface area contributed by atoms with Crippen molar-refractivity contribution in [3.63, 3.8) is 0 Å². The third-order valence-electron chi connectivity index (χ3n) is 2.31. The van der Waals surface area contributed by atoms with Crippen molar-refractivity contribution < 1.29 is 4.79 Å². The number of halogens is 1. The molecular weight excluding hydrogens is 236 g/mol. The van der Waals surface area contributed by atoms with Crippen molar-refractivity contribution in [2.45, 2.75) is 6.54 Å². The number of carbonyl (C=O) groups is 1. The van der Waals surface area contributed by atoms with Crippen LogP contribution in [0.4, 0.5) is 0 Å². The Labute approximate surface area is 104 Å². The Morgan fingerprint density at radius 1 is 1.12 bits per heavy atom. The van der Waals surface area contributed by atoms with Crippen LogP contribution >= 0.6 is 11.6 Å². The molecule has 0 bridgehead atoms. The first kappa shape index (κ1) is 11.6. The van der Waals surface area contributed by atoms with Crippen LogP contribution in [-0.2, 0) is 6.54 Å². The van der Waals surface area contributed by atoms with Crippen molar-refractivity contribution >= 4 is 17.5 Å². The summed E-state index contributed by atoms with van der Waals surface area (Å²) < 4.78 is 0. The zero-order valence-electron chi connectivity index (χ0n) is 9.06. The molecular formula is C13H11ClN2O. The highest BCUT2D eigenvalue weighted by Gasteiger charge is 2.04. The van der Waals surface area contributed by atoms with Gasteiger partial charge in [-0.3, -0.25) is 9.78 Å². The van der Waals surface area contributed by atoms with Crippen molar-refractivity contribution in [1.82, 2.24) is 10.3 Å². The summed E-state index contributed by atoms with van der Waals surface area (Å²) >= 11 is 5.75. The second-order valence-electron chi connectivity index (χ2n) is 3.55. The number of carbonyl (C=O) groups excluding carboxylic acids is 1. The number of benzene rings is 1. The fraction of sp³-hybridized carbons (Fsp3) is 0.0769. The average molecular weight is 247 g/mol. The molecule has 0 saturated heterocycles. The fourth-order valence-electron chi connectivity index (χ4n) is 1.39. The zero-order chi connectivity index (χ0) is 12.1. The van der Waals surface area contributed by atoms with E-state index in [-0.39, 0.29) is 5.91 Å². The van der Waals surface area contributed by atoms with Gasteiger partial charge in [0, 0.05) is 29.5 Å². The second kappa shape index (κ2) is 5.46. The number of aromatic nitrogens is 1. The van der Waals surface area contributed by atoms with Gasteiger partial charge < -0.3 is 5.32 Å². The summed E-state index contributed by atoms with van der Waals surface area (Å²) in [5, 5.41) is 3.45. The average Bonchev–Trinajstić information content (AvgIpc) is 2.38. The SMILES string of the molecule is O=C(NCc1ccncc1)c1ccc(Cl)cc1. The third-order valence-corrected chi connectivity index (χ3v) is 2.56. The van der Waals surface area contributed by atoms with E-state index >= 15 is 0 Å². The Hall–Kier alpha value is -1.87. The van der Waals surface area contributed by atoms with Gasteiger partial charge in [-0.2, -0.15) is 0 Å². The van der Waals surface area contributed by atoms with Crippen LogP contribution in [0, 0.1) is 0 Å². The number of hydrogen-bond donors (Lipinski definition) is 1. The summed E-state index contributed by atoms with van der Waals surface area (Å²) in [7, 11) is 0. The van der Waals surface area contributed by atoms with Gasteiger partial charge in [-0.15, -0.1) is 0 Å². The van der Waals surface area contributed by atoms with Gasteiger partial charge in [0.15, 0.2) is 0 Å². The quantitative estimate of drug-likeness (QED) is 0.905. The highest BCUT2D eigenvalue weighted by Crippen LogP contribution is 2.09. The van der Waals surface area contributed by atoms with Crippen LogP contribution < -0.4 is 5.32 Å². The van der Waals surface area contributed by atoms with E-state index in [0.717, 1.165) is 5.56 Å². The van der Waals surface area contributed by atoms with E-state index < -0.39 is 0 Å². The molecule has 0 fully saturated rings. The van der Waals surface area contributed by atoms with Crippen molar-refractivity contribution in [3.8, 4) is 0 Å². The summed E-state index contributed by atoms with van der Waals surface area (Å²) in [4.78, 5) is 15.7. The summed E-state index contributed by atoms with van der Waals surface area (Å²) in [5.41, 5.74) is 1.62. The number of nitrogens with zero attached hydrogens (tertiary/aromatic N) is 1. The number of pyridine rings is 1. The smallest absolute Gasteiger partial charge is 0.251 e. The van der Waals surface area contributed by atoms with Crippen molar-refractivity contribution in [3.05, 3.63) is 64.9 Å². The zero-order valence-corrected chi connectivity index (χ0v) is 9.82. The largest absolute Gasteiger partial charge is 0.348 e. The van der Waals surface area contributed by atoms with E-state index in [9.17, 15) is 4.79 Å². The van der Waals surface area contributed by atoms with Crippen molar-refractivity contribution in [2.24, 2.45) is 0 Å². The maximum Gasteiger partial charge on any atom is 0.251 e. The molecule has 86 valence electrons. The third kappa shape index (κ3) is 3.29. The maximum absolute atomic E-state index is 11.8. The fourth-order valence-corrected chi connectivity index (χ4v) is 1.51.